The van der Waals surface area contributed by atoms with E-state index in [2.05, 4.69) is 25.3 Å². The highest BCUT2D eigenvalue weighted by molar-refractivity contribution is 9.10. The Labute approximate surface area is 205 Å². The molecule has 33 heavy (non-hydrogen) atoms. The Hall–Kier alpha value is -1.76. The van der Waals surface area contributed by atoms with Gasteiger partial charge in [0.05, 0.1) is 21.1 Å². The molecule has 0 spiro atoms. The van der Waals surface area contributed by atoms with E-state index in [1.54, 1.807) is 24.3 Å². The second-order valence-electron chi connectivity index (χ2n) is 7.29. The molecule has 182 valence electrons. The number of hydrogen-bond acceptors (Lipinski definition) is 5. The molecule has 3 rings (SSSR count). The molecule has 0 aliphatic carbocycles. The number of carbonyl (C=O) groups is 1. The molecule has 2 aromatic carbocycles. The topological polar surface area (TPSA) is 123 Å². The lowest BCUT2D eigenvalue weighted by atomic mass is 9.98. The maximum absolute atomic E-state index is 13.8. The Morgan fingerprint density at radius 2 is 1.91 bits per heavy atom. The Morgan fingerprint density at radius 1 is 1.24 bits per heavy atom. The van der Waals surface area contributed by atoms with Gasteiger partial charge in [0, 0.05) is 24.3 Å². The predicted octanol–water partition coefficient (Wildman–Crippen LogP) is 4.41. The molecule has 1 heterocycles. The molecule has 0 bridgehead atoms. The first-order valence-electron chi connectivity index (χ1n) is 10.1. The summed E-state index contributed by atoms with van der Waals surface area (Å²) < 4.78 is 44.5. The van der Waals surface area contributed by atoms with Crippen LogP contribution in [0, 0.1) is 5.82 Å². The standard InChI is InChI=1S/C14H12BrFN2O2S.C7H13ClO4/c1-18-12-5-3-2-4-8(12)14(17)9-6-11(16)10(15)7-13(9)21(18,19)20;8-12-11-6-4-2-1-3-5-7(9)10/h2-7,14H,17H2,1H3;1-6H2,(H,9,10)/p+1. The van der Waals surface area contributed by atoms with Crippen molar-refractivity contribution in [3.8, 4) is 0 Å². The molecule has 0 aromatic heterocycles. The number of anilines is 1. The lowest BCUT2D eigenvalue weighted by Crippen LogP contribution is -2.26. The molecule has 1 unspecified atom stereocenters. The smallest absolute Gasteiger partial charge is 0.303 e. The van der Waals surface area contributed by atoms with Gasteiger partial charge in [-0.3, -0.25) is 9.10 Å². The van der Waals surface area contributed by atoms with E-state index >= 15 is 0 Å². The van der Waals surface area contributed by atoms with Gasteiger partial charge in [-0.1, -0.05) is 24.6 Å². The fraction of sp³-hybridized carbons (Fsp3) is 0.381. The predicted molar refractivity (Wildman–Crippen MR) is 127 cm³/mol. The van der Waals surface area contributed by atoms with Gasteiger partial charge in [-0.15, -0.1) is 0 Å². The van der Waals surface area contributed by atoms with Crippen LogP contribution < -0.4 is 10.0 Å². The molecular formula is C21H26BrClFN2O6S+. The van der Waals surface area contributed by atoms with Crippen LogP contribution >= 0.6 is 27.8 Å². The monoisotopic (exact) mass is 567 g/mol. The lowest BCUT2D eigenvalue weighted by molar-refractivity contribution is -0.340. The van der Waals surface area contributed by atoms with Crippen LogP contribution in [0.2, 0.25) is 0 Å². The van der Waals surface area contributed by atoms with Crippen LogP contribution in [0.15, 0.2) is 45.8 Å². The summed E-state index contributed by atoms with van der Waals surface area (Å²) in [7, 11) is -2.32. The van der Waals surface area contributed by atoms with Gasteiger partial charge >= 0.3 is 5.97 Å². The summed E-state index contributed by atoms with van der Waals surface area (Å²) in [5, 5.41) is 8.30. The lowest BCUT2D eigenvalue weighted by Gasteiger charge is -2.19. The van der Waals surface area contributed by atoms with Gasteiger partial charge in [0.15, 0.2) is 18.5 Å². The summed E-state index contributed by atoms with van der Waals surface area (Å²) in [5.74, 6) is -1.27. The van der Waals surface area contributed by atoms with Crippen LogP contribution in [0.1, 0.15) is 49.3 Å². The van der Waals surface area contributed by atoms with Crippen LogP contribution in [-0.2, 0) is 19.3 Å². The van der Waals surface area contributed by atoms with Crippen LogP contribution in [0.4, 0.5) is 10.1 Å². The zero-order valence-electron chi connectivity index (χ0n) is 17.9. The summed E-state index contributed by atoms with van der Waals surface area (Å²) >= 11 is 7.87. The van der Waals surface area contributed by atoms with Crippen LogP contribution in [0.5, 0.6) is 0 Å². The third-order valence-corrected chi connectivity index (χ3v) is 7.61. The average molecular weight is 569 g/mol. The Morgan fingerprint density at radius 3 is 2.58 bits per heavy atom. The number of benzene rings is 2. The molecule has 0 saturated carbocycles. The largest absolute Gasteiger partial charge is 0.481 e. The van der Waals surface area contributed by atoms with Gasteiger partial charge in [0.1, 0.15) is 5.82 Å². The summed E-state index contributed by atoms with van der Waals surface area (Å²) in [5.41, 5.74) is 7.58. The number of aliphatic hydroxyl groups is 1. The summed E-state index contributed by atoms with van der Waals surface area (Å²) in [6.45, 7) is 0.580. The average Bonchev–Trinajstić information content (AvgIpc) is 2.83. The summed E-state index contributed by atoms with van der Waals surface area (Å²) in [6.07, 6.45) is 3.77. The summed E-state index contributed by atoms with van der Waals surface area (Å²) in [4.78, 5) is 13.5. The number of fused-ring (bicyclic) bond motifs is 2. The number of rotatable bonds is 8. The number of nitrogens with zero attached hydrogens (tertiary/aromatic N) is 1. The highest BCUT2D eigenvalue weighted by atomic mass is 79.9. The maximum Gasteiger partial charge on any atom is 0.303 e. The normalized spacial score (nSPS) is 16.2. The van der Waals surface area contributed by atoms with Crippen molar-refractivity contribution in [2.24, 2.45) is 5.73 Å². The Kier molecular flexibility index (Phi) is 10.5. The Balaban J connectivity index is 0.000000277. The van der Waals surface area contributed by atoms with Gasteiger partial charge in [-0.05, 0) is 58.1 Å². The van der Waals surface area contributed by atoms with E-state index in [1.807, 2.05) is 0 Å². The third kappa shape index (κ3) is 7.11. The number of para-hydroxylation sites is 1. The summed E-state index contributed by atoms with van der Waals surface area (Å²) in [6, 6.07) is 8.69. The highest BCUT2D eigenvalue weighted by Gasteiger charge is 2.34. The number of carboxylic acids is 1. The Bertz CT molecular complexity index is 1070. The number of hydrogen-bond donors (Lipinski definition) is 2. The van der Waals surface area contributed by atoms with Crippen molar-refractivity contribution in [1.29, 1.82) is 0 Å². The first kappa shape index (κ1) is 27.5. The number of aliphatic carboxylic acids is 1. The number of unbranched alkanes of at least 4 members (excludes halogenated alkanes) is 3. The molecule has 1 atom stereocenters. The molecule has 1 aliphatic rings. The fourth-order valence-corrected chi connectivity index (χ4v) is 5.37. The van der Waals surface area contributed by atoms with E-state index in [9.17, 15) is 17.6 Å². The first-order valence-corrected chi connectivity index (χ1v) is 12.6. The van der Waals surface area contributed by atoms with Crippen LogP contribution in [-0.4, -0.2) is 38.0 Å². The number of nitrogens with two attached hydrogens (primary N) is 1. The van der Waals surface area contributed by atoms with Crippen molar-refractivity contribution < 1.29 is 32.0 Å². The molecule has 0 amide bonds. The van der Waals surface area contributed by atoms with Gasteiger partial charge in [-0.25, -0.2) is 17.7 Å². The van der Waals surface area contributed by atoms with Gasteiger partial charge in [0.2, 0.25) is 0 Å². The van der Waals surface area contributed by atoms with E-state index in [-0.39, 0.29) is 21.4 Å². The van der Waals surface area contributed by atoms with Crippen molar-refractivity contribution in [1.82, 2.24) is 0 Å². The molecule has 4 N–H and O–H groups in total. The third-order valence-electron chi connectivity index (χ3n) is 5.08. The van der Waals surface area contributed by atoms with E-state index in [0.29, 0.717) is 17.9 Å². The van der Waals surface area contributed by atoms with E-state index in [4.69, 9.17) is 22.7 Å². The second kappa shape index (κ2) is 12.6. The quantitative estimate of drug-likeness (QED) is 0.210. The molecule has 8 nitrogen and oxygen atoms in total. The molecule has 2 aromatic rings. The molecule has 0 radical (unpaired) electrons. The van der Waals surface area contributed by atoms with E-state index < -0.39 is 27.9 Å². The number of sulfonamides is 1. The van der Waals surface area contributed by atoms with Crippen molar-refractivity contribution in [2.75, 3.05) is 18.0 Å². The van der Waals surface area contributed by atoms with Gasteiger partial charge in [0.25, 0.3) is 10.0 Å². The number of carboxylic acid groups (broad SMARTS) is 1. The van der Waals surface area contributed by atoms with Crippen molar-refractivity contribution >= 4 is 49.5 Å². The zero-order valence-corrected chi connectivity index (χ0v) is 21.0. The van der Waals surface area contributed by atoms with Gasteiger partial charge in [-0.2, -0.15) is 0 Å². The highest BCUT2D eigenvalue weighted by Crippen LogP contribution is 2.40. The minimum atomic E-state index is -3.79. The SMILES string of the molecule is CN1c2ccccc2C(N)c2cc(F)c(Br)cc2S1(=O)=O.O=C(O)CCCCCC[OH+]OCl. The molecule has 0 saturated heterocycles. The molecule has 0 fully saturated rings. The first-order chi connectivity index (χ1) is 15.6. The fourth-order valence-electron chi connectivity index (χ4n) is 3.33. The van der Waals surface area contributed by atoms with E-state index in [0.717, 1.165) is 25.7 Å². The van der Waals surface area contributed by atoms with Crippen molar-refractivity contribution in [3.05, 3.63) is 57.8 Å². The maximum atomic E-state index is 13.8. The second-order valence-corrected chi connectivity index (χ2v) is 10.2. The number of halogens is 3. The van der Waals surface area contributed by atoms with Crippen LogP contribution in [0.25, 0.3) is 0 Å². The van der Waals surface area contributed by atoms with E-state index in [1.165, 1.54) is 23.5 Å². The van der Waals surface area contributed by atoms with Crippen LogP contribution in [0.3, 0.4) is 0 Å². The zero-order chi connectivity index (χ0) is 24.6. The molecular weight excluding hydrogens is 543 g/mol. The van der Waals surface area contributed by atoms with Gasteiger partial charge < -0.3 is 10.8 Å². The van der Waals surface area contributed by atoms with Crippen molar-refractivity contribution in [2.45, 2.75) is 43.0 Å². The minimum absolute atomic E-state index is 0.0157. The van der Waals surface area contributed by atoms with Crippen molar-refractivity contribution in [3.63, 3.8) is 0 Å². The molecule has 12 heteroatoms. The minimum Gasteiger partial charge on any atom is -0.481 e. The molecule has 1 aliphatic heterocycles.